The third kappa shape index (κ3) is 4.38. The lowest BCUT2D eigenvalue weighted by atomic mass is 10.2. The summed E-state index contributed by atoms with van der Waals surface area (Å²) in [6.45, 7) is 1.86. The number of halogens is 2. The summed E-state index contributed by atoms with van der Waals surface area (Å²) in [7, 11) is 0. The van der Waals surface area contributed by atoms with Crippen LogP contribution < -0.4 is 10.6 Å². The molecule has 0 spiro atoms. The highest BCUT2D eigenvalue weighted by atomic mass is 35.5. The molecular formula is C18H13Cl2N5. The predicted molar refractivity (Wildman–Crippen MR) is 101 cm³/mol. The lowest BCUT2D eigenvalue weighted by molar-refractivity contribution is 1.11. The highest BCUT2D eigenvalue weighted by molar-refractivity contribution is 6.35. The average molecular weight is 370 g/mol. The summed E-state index contributed by atoms with van der Waals surface area (Å²) in [6.07, 6.45) is 0. The van der Waals surface area contributed by atoms with Crippen molar-refractivity contribution in [2.75, 3.05) is 10.6 Å². The molecule has 0 saturated heterocycles. The van der Waals surface area contributed by atoms with Crippen LogP contribution in [0.1, 0.15) is 11.3 Å². The number of anilines is 4. The molecule has 3 rings (SSSR count). The molecule has 0 aliphatic carbocycles. The molecule has 2 N–H and O–H groups in total. The number of nitrogens with zero attached hydrogens (tertiary/aromatic N) is 3. The molecule has 1 aromatic heterocycles. The SMILES string of the molecule is Cc1cc(Nc2cccc(C#N)c2)nc(Nc2cc(Cl)ccc2Cl)n1. The van der Waals surface area contributed by atoms with Crippen LogP contribution in [0.25, 0.3) is 0 Å². The first-order valence-electron chi connectivity index (χ1n) is 7.38. The van der Waals surface area contributed by atoms with E-state index >= 15 is 0 Å². The maximum Gasteiger partial charge on any atom is 0.229 e. The minimum absolute atomic E-state index is 0.392. The molecule has 0 amide bonds. The van der Waals surface area contributed by atoms with E-state index in [0.717, 1.165) is 11.4 Å². The molecule has 7 heteroatoms. The fourth-order valence-electron chi connectivity index (χ4n) is 2.22. The number of benzene rings is 2. The first-order valence-corrected chi connectivity index (χ1v) is 8.14. The Labute approximate surface area is 155 Å². The largest absolute Gasteiger partial charge is 0.340 e. The fraction of sp³-hybridized carbons (Fsp3) is 0.0556. The van der Waals surface area contributed by atoms with Crippen LogP contribution in [0.15, 0.2) is 48.5 Å². The van der Waals surface area contributed by atoms with Crippen LogP contribution in [-0.2, 0) is 0 Å². The normalized spacial score (nSPS) is 10.2. The Morgan fingerprint density at radius 1 is 1.00 bits per heavy atom. The molecule has 0 radical (unpaired) electrons. The highest BCUT2D eigenvalue weighted by Gasteiger charge is 2.07. The second-order valence-electron chi connectivity index (χ2n) is 5.28. The van der Waals surface area contributed by atoms with Gasteiger partial charge in [0.15, 0.2) is 0 Å². The van der Waals surface area contributed by atoms with Crippen molar-refractivity contribution in [1.82, 2.24) is 9.97 Å². The summed E-state index contributed by atoms with van der Waals surface area (Å²) in [4.78, 5) is 8.79. The van der Waals surface area contributed by atoms with Gasteiger partial charge in [-0.2, -0.15) is 10.2 Å². The van der Waals surface area contributed by atoms with Crippen LogP contribution in [0.2, 0.25) is 10.0 Å². The molecule has 5 nitrogen and oxygen atoms in total. The first kappa shape index (κ1) is 17.0. The van der Waals surface area contributed by atoms with E-state index in [4.69, 9.17) is 28.5 Å². The summed E-state index contributed by atoms with van der Waals surface area (Å²) in [5, 5.41) is 16.3. The molecule has 2 aromatic carbocycles. The van der Waals surface area contributed by atoms with Crippen LogP contribution in [0.4, 0.5) is 23.1 Å². The molecule has 0 unspecified atom stereocenters. The molecule has 0 fully saturated rings. The molecule has 3 aromatic rings. The van der Waals surface area contributed by atoms with Gasteiger partial charge in [0.05, 0.1) is 22.3 Å². The monoisotopic (exact) mass is 369 g/mol. The number of hydrogen-bond donors (Lipinski definition) is 2. The third-order valence-electron chi connectivity index (χ3n) is 3.29. The Bertz CT molecular complexity index is 966. The van der Waals surface area contributed by atoms with E-state index in [1.54, 1.807) is 36.4 Å². The number of aryl methyl sites for hydroxylation is 1. The summed E-state index contributed by atoms with van der Waals surface area (Å²) < 4.78 is 0. The van der Waals surface area contributed by atoms with Crippen molar-refractivity contribution < 1.29 is 0 Å². The van der Waals surface area contributed by atoms with Crippen LogP contribution in [0, 0.1) is 18.3 Å². The molecule has 1 heterocycles. The fourth-order valence-corrected chi connectivity index (χ4v) is 2.55. The summed E-state index contributed by atoms with van der Waals surface area (Å²) >= 11 is 12.2. The van der Waals surface area contributed by atoms with Gasteiger partial charge in [0.1, 0.15) is 5.82 Å². The highest BCUT2D eigenvalue weighted by Crippen LogP contribution is 2.28. The van der Waals surface area contributed by atoms with Crippen molar-refractivity contribution in [3.63, 3.8) is 0 Å². The standard InChI is InChI=1S/C18H13Cl2N5/c1-11-7-17(23-14-4-2-3-12(8-14)10-21)25-18(22-11)24-16-9-13(19)5-6-15(16)20/h2-9H,1H3,(H2,22,23,24,25). The molecular weight excluding hydrogens is 357 g/mol. The van der Waals surface area contributed by atoms with Crippen molar-refractivity contribution in [3.8, 4) is 6.07 Å². The summed E-state index contributed by atoms with van der Waals surface area (Å²) in [5.41, 5.74) is 2.73. The van der Waals surface area contributed by atoms with Crippen LogP contribution in [0.5, 0.6) is 0 Å². The average Bonchev–Trinajstić information content (AvgIpc) is 2.58. The number of aromatic nitrogens is 2. The molecule has 25 heavy (non-hydrogen) atoms. The number of nitrogens with one attached hydrogen (secondary N) is 2. The quantitative estimate of drug-likeness (QED) is 0.639. The van der Waals surface area contributed by atoms with Crippen molar-refractivity contribution in [3.05, 3.63) is 69.8 Å². The van der Waals surface area contributed by atoms with Gasteiger partial charge in [-0.05, 0) is 43.3 Å². The zero-order valence-corrected chi connectivity index (χ0v) is 14.7. The van der Waals surface area contributed by atoms with Gasteiger partial charge in [-0.3, -0.25) is 0 Å². The van der Waals surface area contributed by atoms with Crippen LogP contribution >= 0.6 is 23.2 Å². The van der Waals surface area contributed by atoms with Crippen LogP contribution in [0.3, 0.4) is 0 Å². The Balaban J connectivity index is 1.87. The Morgan fingerprint density at radius 3 is 2.64 bits per heavy atom. The third-order valence-corrected chi connectivity index (χ3v) is 3.86. The summed E-state index contributed by atoms with van der Waals surface area (Å²) in [6, 6.07) is 16.2. The molecule has 0 atom stereocenters. The van der Waals surface area contributed by atoms with Gasteiger partial charge in [-0.1, -0.05) is 29.3 Å². The Kier molecular flexibility index (Phi) is 5.03. The van der Waals surface area contributed by atoms with Gasteiger partial charge in [-0.25, -0.2) is 4.98 Å². The molecule has 124 valence electrons. The van der Waals surface area contributed by atoms with Crippen molar-refractivity contribution >= 4 is 46.3 Å². The van der Waals surface area contributed by atoms with Crippen molar-refractivity contribution in [1.29, 1.82) is 5.26 Å². The number of nitriles is 1. The van der Waals surface area contributed by atoms with E-state index in [0.29, 0.717) is 33.1 Å². The molecule has 0 aliphatic heterocycles. The van der Waals surface area contributed by atoms with Gasteiger partial charge < -0.3 is 10.6 Å². The van der Waals surface area contributed by atoms with E-state index in [2.05, 4.69) is 26.7 Å². The van der Waals surface area contributed by atoms with Gasteiger partial charge in [-0.15, -0.1) is 0 Å². The van der Waals surface area contributed by atoms with Crippen molar-refractivity contribution in [2.24, 2.45) is 0 Å². The summed E-state index contributed by atoms with van der Waals surface area (Å²) in [5.74, 6) is 0.992. The Hall–Kier alpha value is -2.81. The molecule has 0 bridgehead atoms. The van der Waals surface area contributed by atoms with E-state index in [-0.39, 0.29) is 0 Å². The van der Waals surface area contributed by atoms with Gasteiger partial charge in [0.2, 0.25) is 5.95 Å². The van der Waals surface area contributed by atoms with Gasteiger partial charge >= 0.3 is 0 Å². The zero-order valence-electron chi connectivity index (χ0n) is 13.2. The van der Waals surface area contributed by atoms with Gasteiger partial charge in [0, 0.05) is 22.5 Å². The lowest BCUT2D eigenvalue weighted by Crippen LogP contribution is -2.02. The van der Waals surface area contributed by atoms with E-state index in [9.17, 15) is 0 Å². The second-order valence-corrected chi connectivity index (χ2v) is 6.13. The molecule has 0 saturated carbocycles. The first-order chi connectivity index (χ1) is 12.0. The topological polar surface area (TPSA) is 73.6 Å². The second kappa shape index (κ2) is 7.39. The number of hydrogen-bond acceptors (Lipinski definition) is 5. The molecule has 0 aliphatic rings. The van der Waals surface area contributed by atoms with E-state index in [1.807, 2.05) is 19.1 Å². The van der Waals surface area contributed by atoms with E-state index in [1.165, 1.54) is 0 Å². The van der Waals surface area contributed by atoms with Gasteiger partial charge in [0.25, 0.3) is 0 Å². The van der Waals surface area contributed by atoms with Crippen LogP contribution in [-0.4, -0.2) is 9.97 Å². The minimum atomic E-state index is 0.392. The predicted octanol–water partition coefficient (Wildman–Crippen LogP) is 5.45. The smallest absolute Gasteiger partial charge is 0.229 e. The zero-order chi connectivity index (χ0) is 17.8. The van der Waals surface area contributed by atoms with E-state index < -0.39 is 0 Å². The maximum atomic E-state index is 8.99. The minimum Gasteiger partial charge on any atom is -0.340 e. The number of rotatable bonds is 4. The van der Waals surface area contributed by atoms with Crippen molar-refractivity contribution in [2.45, 2.75) is 6.92 Å². The Morgan fingerprint density at radius 2 is 1.84 bits per heavy atom. The lowest BCUT2D eigenvalue weighted by Gasteiger charge is -2.11. The maximum absolute atomic E-state index is 8.99.